The number of amides is 1. The number of carbonyl (C=O) groups is 1. The van der Waals surface area contributed by atoms with E-state index in [1.807, 2.05) is 55.5 Å². The summed E-state index contributed by atoms with van der Waals surface area (Å²) in [6, 6.07) is 18.9. The number of morpholine rings is 1. The molecule has 1 amide bonds. The number of pyridine rings is 1. The summed E-state index contributed by atoms with van der Waals surface area (Å²) in [7, 11) is 0. The van der Waals surface area contributed by atoms with Gasteiger partial charge in [0.15, 0.2) is 0 Å². The van der Waals surface area contributed by atoms with E-state index in [1.54, 1.807) is 12.1 Å². The van der Waals surface area contributed by atoms with Gasteiger partial charge in [0.1, 0.15) is 5.56 Å². The van der Waals surface area contributed by atoms with Crippen LogP contribution in [0.15, 0.2) is 65.5 Å². The molecule has 3 aromatic rings. The minimum Gasteiger partial charge on any atom is -0.379 e. The first-order valence-electron chi connectivity index (χ1n) is 10.1. The number of nitrogens with one attached hydrogen (secondary N) is 2. The Labute approximate surface area is 175 Å². The van der Waals surface area contributed by atoms with E-state index in [1.165, 1.54) is 0 Å². The average Bonchev–Trinajstić information content (AvgIpc) is 2.74. The third-order valence-electron chi connectivity index (χ3n) is 5.18. The highest BCUT2D eigenvalue weighted by Gasteiger charge is 2.14. The molecular weight excluding hydrogens is 378 g/mol. The van der Waals surface area contributed by atoms with Gasteiger partial charge in [0.2, 0.25) is 0 Å². The van der Waals surface area contributed by atoms with Crippen molar-refractivity contribution in [3.8, 4) is 11.3 Å². The van der Waals surface area contributed by atoms with Gasteiger partial charge >= 0.3 is 0 Å². The summed E-state index contributed by atoms with van der Waals surface area (Å²) >= 11 is 0. The van der Waals surface area contributed by atoms with Gasteiger partial charge in [-0.25, -0.2) is 0 Å². The van der Waals surface area contributed by atoms with Gasteiger partial charge in [-0.05, 0) is 48.4 Å². The summed E-state index contributed by atoms with van der Waals surface area (Å²) in [4.78, 5) is 30.3. The molecular formula is C24H25N3O3. The number of ether oxygens (including phenoxy) is 1. The summed E-state index contributed by atoms with van der Waals surface area (Å²) < 4.78 is 5.39. The number of nitrogens with zero attached hydrogens (tertiary/aromatic N) is 1. The predicted molar refractivity (Wildman–Crippen MR) is 118 cm³/mol. The summed E-state index contributed by atoms with van der Waals surface area (Å²) in [5, 5.41) is 2.84. The van der Waals surface area contributed by atoms with Crippen LogP contribution in [0.2, 0.25) is 0 Å². The normalized spacial score (nSPS) is 14.4. The fourth-order valence-electron chi connectivity index (χ4n) is 3.60. The number of rotatable bonds is 5. The van der Waals surface area contributed by atoms with Crippen molar-refractivity contribution >= 4 is 11.6 Å². The first-order valence-corrected chi connectivity index (χ1v) is 10.1. The number of anilines is 1. The molecule has 1 fully saturated rings. The van der Waals surface area contributed by atoms with E-state index in [2.05, 4.69) is 15.2 Å². The maximum absolute atomic E-state index is 12.7. The highest BCUT2D eigenvalue weighted by Crippen LogP contribution is 2.18. The Balaban J connectivity index is 1.47. The maximum atomic E-state index is 12.7. The summed E-state index contributed by atoms with van der Waals surface area (Å²) in [6.45, 7) is 6.10. The highest BCUT2D eigenvalue weighted by molar-refractivity contribution is 6.04. The van der Waals surface area contributed by atoms with Gasteiger partial charge in [0.05, 0.1) is 13.2 Å². The molecule has 1 saturated heterocycles. The standard InChI is InChI=1S/C24H25N3O3/c1-17-4-2-6-19(14-17)22-9-8-21(24(29)26-22)23(28)25-20-7-3-5-18(15-20)16-27-10-12-30-13-11-27/h2-9,14-15H,10-13,16H2,1H3,(H,25,28)(H,26,29). The van der Waals surface area contributed by atoms with Crippen molar-refractivity contribution in [1.82, 2.24) is 9.88 Å². The number of aryl methyl sites for hydroxylation is 1. The molecule has 2 N–H and O–H groups in total. The van der Waals surface area contributed by atoms with Crippen molar-refractivity contribution in [2.24, 2.45) is 0 Å². The largest absolute Gasteiger partial charge is 0.379 e. The Morgan fingerprint density at radius 1 is 1.07 bits per heavy atom. The van der Waals surface area contributed by atoms with E-state index in [0.717, 1.165) is 49.5 Å². The Kier molecular flexibility index (Phi) is 6.07. The van der Waals surface area contributed by atoms with Crippen molar-refractivity contribution in [1.29, 1.82) is 0 Å². The zero-order valence-electron chi connectivity index (χ0n) is 17.0. The van der Waals surface area contributed by atoms with Crippen molar-refractivity contribution in [2.75, 3.05) is 31.6 Å². The van der Waals surface area contributed by atoms with Crippen LogP contribution >= 0.6 is 0 Å². The average molecular weight is 403 g/mol. The SMILES string of the molecule is Cc1cccc(-c2ccc(C(=O)Nc3cccc(CN4CCOCC4)c3)c(=O)[nH]2)c1. The van der Waals surface area contributed by atoms with Crippen LogP contribution in [0.25, 0.3) is 11.3 Å². The van der Waals surface area contributed by atoms with E-state index in [0.29, 0.717) is 11.4 Å². The molecule has 154 valence electrons. The second kappa shape index (κ2) is 9.07. The lowest BCUT2D eigenvalue weighted by molar-refractivity contribution is 0.0342. The Hall–Kier alpha value is -3.22. The van der Waals surface area contributed by atoms with Crippen LogP contribution in [0.4, 0.5) is 5.69 Å². The molecule has 1 aliphatic heterocycles. The van der Waals surface area contributed by atoms with Gasteiger partial charge in [0, 0.05) is 31.0 Å². The number of H-pyrrole nitrogens is 1. The number of aromatic amines is 1. The molecule has 0 atom stereocenters. The molecule has 6 heteroatoms. The molecule has 0 saturated carbocycles. The van der Waals surface area contributed by atoms with Gasteiger partial charge in [0.25, 0.3) is 11.5 Å². The summed E-state index contributed by atoms with van der Waals surface area (Å²) in [6.07, 6.45) is 0. The smallest absolute Gasteiger partial charge is 0.261 e. The third-order valence-corrected chi connectivity index (χ3v) is 5.18. The lowest BCUT2D eigenvalue weighted by Crippen LogP contribution is -2.35. The molecule has 4 rings (SSSR count). The zero-order valence-corrected chi connectivity index (χ0v) is 17.0. The van der Waals surface area contributed by atoms with Gasteiger partial charge in [-0.1, -0.05) is 35.9 Å². The summed E-state index contributed by atoms with van der Waals surface area (Å²) in [5.41, 5.74) is 4.17. The Morgan fingerprint density at radius 3 is 2.63 bits per heavy atom. The van der Waals surface area contributed by atoms with Crippen molar-refractivity contribution in [3.63, 3.8) is 0 Å². The van der Waals surface area contributed by atoms with Crippen LogP contribution in [0, 0.1) is 6.92 Å². The van der Waals surface area contributed by atoms with E-state index < -0.39 is 11.5 Å². The molecule has 1 aliphatic rings. The van der Waals surface area contributed by atoms with Crippen LogP contribution < -0.4 is 10.9 Å². The predicted octanol–water partition coefficient (Wildman–Crippen LogP) is 3.43. The first-order chi connectivity index (χ1) is 14.6. The fourth-order valence-corrected chi connectivity index (χ4v) is 3.60. The molecule has 30 heavy (non-hydrogen) atoms. The van der Waals surface area contributed by atoms with Crippen LogP contribution in [-0.4, -0.2) is 42.1 Å². The van der Waals surface area contributed by atoms with Crippen LogP contribution in [0.1, 0.15) is 21.5 Å². The van der Waals surface area contributed by atoms with Crippen LogP contribution in [-0.2, 0) is 11.3 Å². The number of benzene rings is 2. The molecule has 0 radical (unpaired) electrons. The lowest BCUT2D eigenvalue weighted by Gasteiger charge is -2.26. The minimum absolute atomic E-state index is 0.0879. The summed E-state index contributed by atoms with van der Waals surface area (Å²) in [5.74, 6) is -0.421. The van der Waals surface area contributed by atoms with Crippen molar-refractivity contribution < 1.29 is 9.53 Å². The Morgan fingerprint density at radius 2 is 1.87 bits per heavy atom. The fraction of sp³-hybridized carbons (Fsp3) is 0.250. The number of hydrogen-bond acceptors (Lipinski definition) is 4. The molecule has 0 spiro atoms. The van der Waals surface area contributed by atoms with Gasteiger partial charge in [-0.3, -0.25) is 14.5 Å². The maximum Gasteiger partial charge on any atom is 0.261 e. The number of aromatic nitrogens is 1. The second-order valence-electron chi connectivity index (χ2n) is 7.53. The van der Waals surface area contributed by atoms with E-state index in [-0.39, 0.29) is 5.56 Å². The first kappa shape index (κ1) is 20.1. The van der Waals surface area contributed by atoms with Gasteiger partial charge < -0.3 is 15.0 Å². The second-order valence-corrected chi connectivity index (χ2v) is 7.53. The van der Waals surface area contributed by atoms with Crippen LogP contribution in [0.5, 0.6) is 0 Å². The van der Waals surface area contributed by atoms with E-state index in [9.17, 15) is 9.59 Å². The topological polar surface area (TPSA) is 74.4 Å². The molecule has 0 bridgehead atoms. The quantitative estimate of drug-likeness (QED) is 0.684. The minimum atomic E-state index is -0.421. The Bertz CT molecular complexity index is 1100. The highest BCUT2D eigenvalue weighted by atomic mass is 16.5. The molecule has 2 heterocycles. The van der Waals surface area contributed by atoms with Gasteiger partial charge in [-0.2, -0.15) is 0 Å². The molecule has 6 nitrogen and oxygen atoms in total. The molecule has 1 aromatic heterocycles. The monoisotopic (exact) mass is 403 g/mol. The van der Waals surface area contributed by atoms with Crippen molar-refractivity contribution in [3.05, 3.63) is 87.7 Å². The van der Waals surface area contributed by atoms with Crippen molar-refractivity contribution in [2.45, 2.75) is 13.5 Å². The molecule has 0 unspecified atom stereocenters. The number of hydrogen-bond donors (Lipinski definition) is 2. The van der Waals surface area contributed by atoms with Crippen LogP contribution in [0.3, 0.4) is 0 Å². The third kappa shape index (κ3) is 4.84. The molecule has 2 aromatic carbocycles. The molecule has 0 aliphatic carbocycles. The zero-order chi connectivity index (χ0) is 20.9. The van der Waals surface area contributed by atoms with E-state index >= 15 is 0 Å². The van der Waals surface area contributed by atoms with E-state index in [4.69, 9.17) is 4.74 Å². The van der Waals surface area contributed by atoms with Gasteiger partial charge in [-0.15, -0.1) is 0 Å². The lowest BCUT2D eigenvalue weighted by atomic mass is 10.1. The number of carbonyl (C=O) groups excluding carboxylic acids is 1.